The van der Waals surface area contributed by atoms with Crippen molar-refractivity contribution in [2.24, 2.45) is 0 Å². The Morgan fingerprint density at radius 2 is 1.73 bits per heavy atom. The molecule has 0 unspecified atom stereocenters. The number of carbonyl (C=O) groups excluding carboxylic acids is 1. The van der Waals surface area contributed by atoms with Crippen molar-refractivity contribution in [3.8, 4) is 11.5 Å². The topological polar surface area (TPSA) is 42.1 Å². The van der Waals surface area contributed by atoms with Crippen LogP contribution < -0.4 is 4.74 Å². The van der Waals surface area contributed by atoms with Crippen LogP contribution in [0.2, 0.25) is 0 Å². The second-order valence-electron chi connectivity index (χ2n) is 4.77. The van der Waals surface area contributed by atoms with Gasteiger partial charge in [-0.2, -0.15) is 0 Å². The molecular formula is C19H15NO2. The van der Waals surface area contributed by atoms with Crippen molar-refractivity contribution in [1.29, 1.82) is 0 Å². The van der Waals surface area contributed by atoms with Gasteiger partial charge in [0, 0.05) is 6.20 Å². The van der Waals surface area contributed by atoms with Gasteiger partial charge in [-0.15, -0.1) is 0 Å². The van der Waals surface area contributed by atoms with E-state index >= 15 is 0 Å². The molecule has 1 heterocycles. The van der Waals surface area contributed by atoms with Crippen molar-refractivity contribution >= 4 is 11.9 Å². The van der Waals surface area contributed by atoms with Crippen LogP contribution in [0, 0.1) is 0 Å². The van der Waals surface area contributed by atoms with Crippen LogP contribution in [0.15, 0.2) is 79.0 Å². The number of benzene rings is 2. The Hall–Kier alpha value is -3.07. The molecule has 0 saturated heterocycles. The molecule has 3 nitrogen and oxygen atoms in total. The highest BCUT2D eigenvalue weighted by molar-refractivity contribution is 6.05. The van der Waals surface area contributed by atoms with Crippen molar-refractivity contribution in [2.45, 2.75) is 0 Å². The summed E-state index contributed by atoms with van der Waals surface area (Å²) in [4.78, 5) is 14.8. The lowest BCUT2D eigenvalue weighted by Gasteiger charge is -2.05. The molecule has 0 spiro atoms. The molecule has 108 valence electrons. The zero-order valence-corrected chi connectivity index (χ0v) is 11.9. The van der Waals surface area contributed by atoms with Gasteiger partial charge in [-0.05, 0) is 48.0 Å². The Balaban J connectivity index is 1.73. The van der Waals surface area contributed by atoms with Gasteiger partial charge in [0.15, 0.2) is 0 Å². The van der Waals surface area contributed by atoms with Crippen LogP contribution in [0.4, 0.5) is 0 Å². The Morgan fingerprint density at radius 1 is 0.909 bits per heavy atom. The highest BCUT2D eigenvalue weighted by atomic mass is 16.5. The number of hydrogen-bond acceptors (Lipinski definition) is 2. The maximum Gasteiger partial charge on any atom is 0.201 e. The van der Waals surface area contributed by atoms with Crippen LogP contribution in [-0.4, -0.2) is 10.8 Å². The molecule has 1 aromatic heterocycles. The van der Waals surface area contributed by atoms with Crippen molar-refractivity contribution < 1.29 is 9.53 Å². The molecule has 22 heavy (non-hydrogen) atoms. The number of ether oxygens (including phenoxy) is 1. The van der Waals surface area contributed by atoms with E-state index in [9.17, 15) is 4.79 Å². The number of hydrogen-bond donors (Lipinski definition) is 1. The SMILES string of the molecule is O=C(/C=C/c1cccc(Oc2ccccc2)c1)c1ccc[nH]1. The normalized spacial score (nSPS) is 10.7. The van der Waals surface area contributed by atoms with E-state index in [1.54, 1.807) is 30.5 Å². The van der Waals surface area contributed by atoms with Crippen LogP contribution in [0.1, 0.15) is 16.1 Å². The number of para-hydroxylation sites is 1. The van der Waals surface area contributed by atoms with Crippen LogP contribution in [0.5, 0.6) is 11.5 Å². The fourth-order valence-corrected chi connectivity index (χ4v) is 2.05. The molecule has 0 saturated carbocycles. The van der Waals surface area contributed by atoms with Crippen LogP contribution in [-0.2, 0) is 0 Å². The van der Waals surface area contributed by atoms with E-state index in [0.717, 1.165) is 17.1 Å². The lowest BCUT2D eigenvalue weighted by atomic mass is 10.1. The van der Waals surface area contributed by atoms with Crippen molar-refractivity contribution in [3.05, 3.63) is 90.3 Å². The molecule has 0 bridgehead atoms. The van der Waals surface area contributed by atoms with Gasteiger partial charge in [-0.3, -0.25) is 4.79 Å². The Kier molecular flexibility index (Phi) is 4.16. The largest absolute Gasteiger partial charge is 0.457 e. The molecule has 0 aliphatic heterocycles. The maximum absolute atomic E-state index is 11.9. The second kappa shape index (κ2) is 6.59. The number of H-pyrrole nitrogens is 1. The number of nitrogens with one attached hydrogen (secondary N) is 1. The van der Waals surface area contributed by atoms with Gasteiger partial charge in [0.05, 0.1) is 5.69 Å². The first kappa shape index (κ1) is 13.9. The van der Waals surface area contributed by atoms with E-state index in [4.69, 9.17) is 4.74 Å². The van der Waals surface area contributed by atoms with Gasteiger partial charge in [-0.1, -0.05) is 36.4 Å². The predicted molar refractivity (Wildman–Crippen MR) is 87.1 cm³/mol. The lowest BCUT2D eigenvalue weighted by molar-refractivity contribution is 0.104. The summed E-state index contributed by atoms with van der Waals surface area (Å²) in [5, 5.41) is 0. The number of rotatable bonds is 5. The first-order chi connectivity index (χ1) is 10.8. The van der Waals surface area contributed by atoms with E-state index < -0.39 is 0 Å². The summed E-state index contributed by atoms with van der Waals surface area (Å²) in [7, 11) is 0. The predicted octanol–water partition coefficient (Wildman–Crippen LogP) is 4.70. The fourth-order valence-electron chi connectivity index (χ4n) is 2.05. The highest BCUT2D eigenvalue weighted by Crippen LogP contribution is 2.22. The molecule has 0 aliphatic rings. The molecule has 0 fully saturated rings. The fraction of sp³-hybridized carbons (Fsp3) is 0. The number of allylic oxidation sites excluding steroid dienone is 1. The molecule has 0 aliphatic carbocycles. The summed E-state index contributed by atoms with van der Waals surface area (Å²) in [6.07, 6.45) is 5.06. The van der Waals surface area contributed by atoms with E-state index in [-0.39, 0.29) is 5.78 Å². The van der Waals surface area contributed by atoms with Crippen molar-refractivity contribution in [2.75, 3.05) is 0 Å². The third-order valence-corrected chi connectivity index (χ3v) is 3.13. The molecule has 0 radical (unpaired) electrons. The van der Waals surface area contributed by atoms with E-state index in [0.29, 0.717) is 5.69 Å². The summed E-state index contributed by atoms with van der Waals surface area (Å²) < 4.78 is 5.77. The van der Waals surface area contributed by atoms with Crippen molar-refractivity contribution in [3.63, 3.8) is 0 Å². The summed E-state index contributed by atoms with van der Waals surface area (Å²) in [6.45, 7) is 0. The van der Waals surface area contributed by atoms with Crippen LogP contribution in [0.25, 0.3) is 6.08 Å². The van der Waals surface area contributed by atoms with Gasteiger partial charge >= 0.3 is 0 Å². The molecule has 0 amide bonds. The van der Waals surface area contributed by atoms with E-state index in [1.165, 1.54) is 0 Å². The minimum Gasteiger partial charge on any atom is -0.457 e. The average Bonchev–Trinajstić information content (AvgIpc) is 3.08. The zero-order valence-electron chi connectivity index (χ0n) is 11.9. The molecular weight excluding hydrogens is 274 g/mol. The number of aromatic amines is 1. The molecule has 3 aromatic rings. The molecule has 3 rings (SSSR count). The quantitative estimate of drug-likeness (QED) is 0.546. The maximum atomic E-state index is 11.9. The zero-order chi connectivity index (χ0) is 15.2. The van der Waals surface area contributed by atoms with Crippen molar-refractivity contribution in [1.82, 2.24) is 4.98 Å². The third kappa shape index (κ3) is 3.52. The summed E-state index contributed by atoms with van der Waals surface area (Å²) in [5.74, 6) is 1.46. The molecule has 2 aromatic carbocycles. The van der Waals surface area contributed by atoms with Gasteiger partial charge in [0.2, 0.25) is 5.78 Å². The third-order valence-electron chi connectivity index (χ3n) is 3.13. The van der Waals surface area contributed by atoms with Gasteiger partial charge < -0.3 is 9.72 Å². The summed E-state index contributed by atoms with van der Waals surface area (Å²) in [6, 6.07) is 20.8. The molecule has 3 heteroatoms. The van der Waals surface area contributed by atoms with Gasteiger partial charge in [-0.25, -0.2) is 0 Å². The Labute approximate surface area is 128 Å². The molecule has 1 N–H and O–H groups in total. The minimum absolute atomic E-state index is 0.0561. The highest BCUT2D eigenvalue weighted by Gasteiger charge is 2.01. The summed E-state index contributed by atoms with van der Waals surface area (Å²) >= 11 is 0. The number of aromatic nitrogens is 1. The Bertz CT molecular complexity index is 774. The standard InChI is InChI=1S/C19H15NO2/c21-19(18-10-5-13-20-18)12-11-15-6-4-9-17(14-15)22-16-7-2-1-3-8-16/h1-14,20H/b12-11+. The van der Waals surface area contributed by atoms with E-state index in [2.05, 4.69) is 4.98 Å². The minimum atomic E-state index is -0.0561. The van der Waals surface area contributed by atoms with E-state index in [1.807, 2.05) is 54.6 Å². The average molecular weight is 289 g/mol. The summed E-state index contributed by atoms with van der Waals surface area (Å²) in [5.41, 5.74) is 1.49. The molecule has 0 atom stereocenters. The Morgan fingerprint density at radius 3 is 2.50 bits per heavy atom. The first-order valence-electron chi connectivity index (χ1n) is 7.00. The number of carbonyl (C=O) groups is 1. The number of ketones is 1. The smallest absolute Gasteiger partial charge is 0.201 e. The van der Waals surface area contributed by atoms with Gasteiger partial charge in [0.1, 0.15) is 11.5 Å². The lowest BCUT2D eigenvalue weighted by Crippen LogP contribution is -1.93. The first-order valence-corrected chi connectivity index (χ1v) is 7.00. The second-order valence-corrected chi connectivity index (χ2v) is 4.77. The monoisotopic (exact) mass is 289 g/mol. The van der Waals surface area contributed by atoms with Crippen LogP contribution >= 0.6 is 0 Å². The van der Waals surface area contributed by atoms with Gasteiger partial charge in [0.25, 0.3) is 0 Å². The van der Waals surface area contributed by atoms with Crippen LogP contribution in [0.3, 0.4) is 0 Å².